The topological polar surface area (TPSA) is 46.2 Å². The number of hydrogen-bond acceptors (Lipinski definition) is 2. The van der Waals surface area contributed by atoms with E-state index in [1.54, 1.807) is 0 Å². The molecule has 4 heteroatoms. The van der Waals surface area contributed by atoms with Gasteiger partial charge in [-0.1, -0.05) is 13.0 Å². The summed E-state index contributed by atoms with van der Waals surface area (Å²) in [5.74, 6) is -1.89. The van der Waals surface area contributed by atoms with Gasteiger partial charge < -0.3 is 10.8 Å². The number of aliphatic hydroxyl groups is 1. The van der Waals surface area contributed by atoms with Crippen molar-refractivity contribution in [2.75, 3.05) is 0 Å². The van der Waals surface area contributed by atoms with E-state index in [4.69, 9.17) is 5.73 Å². The molecule has 0 amide bonds. The molecule has 0 spiro atoms. The van der Waals surface area contributed by atoms with Gasteiger partial charge in [0.05, 0.1) is 6.10 Å². The molecule has 1 aromatic carbocycles. The van der Waals surface area contributed by atoms with Crippen LogP contribution in [0.25, 0.3) is 0 Å². The molecule has 0 bridgehead atoms. The predicted octanol–water partition coefficient (Wildman–Crippen LogP) is 1.74. The summed E-state index contributed by atoms with van der Waals surface area (Å²) in [5.41, 5.74) is 5.87. The van der Waals surface area contributed by atoms with Crippen molar-refractivity contribution in [3.05, 3.63) is 35.4 Å². The molecule has 0 aliphatic carbocycles. The summed E-state index contributed by atoms with van der Waals surface area (Å²) in [4.78, 5) is 0. The normalized spacial score (nSPS) is 15.2. The van der Waals surface area contributed by atoms with E-state index in [1.807, 2.05) is 6.92 Å². The Morgan fingerprint density at radius 3 is 2.50 bits per heavy atom. The molecule has 0 radical (unpaired) electrons. The van der Waals surface area contributed by atoms with Gasteiger partial charge >= 0.3 is 0 Å². The van der Waals surface area contributed by atoms with Crippen LogP contribution in [0, 0.1) is 11.6 Å². The van der Waals surface area contributed by atoms with Gasteiger partial charge in [-0.2, -0.15) is 0 Å². The lowest BCUT2D eigenvalue weighted by Crippen LogP contribution is -2.27. The first-order chi connectivity index (χ1) is 6.56. The van der Waals surface area contributed by atoms with E-state index in [0.29, 0.717) is 12.0 Å². The van der Waals surface area contributed by atoms with Gasteiger partial charge in [0.2, 0.25) is 0 Å². The summed E-state index contributed by atoms with van der Waals surface area (Å²) in [6.07, 6.45) is -0.379. The van der Waals surface area contributed by atoms with E-state index < -0.39 is 23.8 Å². The average Bonchev–Trinajstić information content (AvgIpc) is 2.20. The van der Waals surface area contributed by atoms with Crippen molar-refractivity contribution < 1.29 is 13.9 Å². The zero-order chi connectivity index (χ0) is 10.7. The molecule has 1 rings (SSSR count). The molecule has 14 heavy (non-hydrogen) atoms. The monoisotopic (exact) mass is 201 g/mol. The quantitative estimate of drug-likeness (QED) is 0.782. The number of rotatable bonds is 3. The van der Waals surface area contributed by atoms with Gasteiger partial charge in [0.25, 0.3) is 0 Å². The van der Waals surface area contributed by atoms with Crippen LogP contribution in [-0.4, -0.2) is 11.1 Å². The first-order valence-electron chi connectivity index (χ1n) is 4.44. The van der Waals surface area contributed by atoms with Crippen LogP contribution in [0.3, 0.4) is 0 Å². The van der Waals surface area contributed by atoms with Crippen LogP contribution in [0.5, 0.6) is 0 Å². The molecule has 0 aromatic heterocycles. The molecular formula is C10H13F2NO. The third-order valence-electron chi connectivity index (χ3n) is 2.16. The Morgan fingerprint density at radius 1 is 1.36 bits per heavy atom. The zero-order valence-electron chi connectivity index (χ0n) is 7.87. The van der Waals surface area contributed by atoms with E-state index in [1.165, 1.54) is 6.07 Å². The first-order valence-corrected chi connectivity index (χ1v) is 4.44. The zero-order valence-corrected chi connectivity index (χ0v) is 7.87. The van der Waals surface area contributed by atoms with Gasteiger partial charge in [-0.15, -0.1) is 0 Å². The van der Waals surface area contributed by atoms with Crippen LogP contribution < -0.4 is 5.73 Å². The molecule has 0 aliphatic heterocycles. The molecule has 2 nitrogen and oxygen atoms in total. The highest BCUT2D eigenvalue weighted by Crippen LogP contribution is 2.19. The number of aliphatic hydroxyl groups excluding tert-OH is 1. The molecule has 3 N–H and O–H groups in total. The van der Waals surface area contributed by atoms with Crippen molar-refractivity contribution in [1.82, 2.24) is 0 Å². The van der Waals surface area contributed by atoms with E-state index in [-0.39, 0.29) is 0 Å². The lowest BCUT2D eigenvalue weighted by Gasteiger charge is -2.17. The molecular weight excluding hydrogens is 188 g/mol. The SMILES string of the molecule is CC[C@@H](N)[C@H](O)c1ccc(F)c(F)c1. The fourth-order valence-electron chi connectivity index (χ4n) is 1.17. The fraction of sp³-hybridized carbons (Fsp3) is 0.400. The van der Waals surface area contributed by atoms with Crippen molar-refractivity contribution in [2.45, 2.75) is 25.5 Å². The second-order valence-corrected chi connectivity index (χ2v) is 3.19. The molecule has 0 saturated carbocycles. The minimum Gasteiger partial charge on any atom is -0.387 e. The summed E-state index contributed by atoms with van der Waals surface area (Å²) in [6, 6.07) is 2.82. The second kappa shape index (κ2) is 4.48. The average molecular weight is 201 g/mol. The van der Waals surface area contributed by atoms with Crippen LogP contribution in [0.2, 0.25) is 0 Å². The standard InChI is InChI=1S/C10H13F2NO/c1-2-9(13)10(14)6-3-4-7(11)8(12)5-6/h3-5,9-10,14H,2,13H2,1H3/t9-,10-/m1/s1. The smallest absolute Gasteiger partial charge is 0.159 e. The van der Waals surface area contributed by atoms with Crippen LogP contribution in [-0.2, 0) is 0 Å². The number of benzene rings is 1. The number of hydrogen-bond donors (Lipinski definition) is 2. The van der Waals surface area contributed by atoms with Crippen molar-refractivity contribution in [3.8, 4) is 0 Å². The van der Waals surface area contributed by atoms with E-state index in [2.05, 4.69) is 0 Å². The third-order valence-corrected chi connectivity index (χ3v) is 2.16. The Balaban J connectivity index is 2.91. The summed E-state index contributed by atoms with van der Waals surface area (Å²) in [6.45, 7) is 1.81. The van der Waals surface area contributed by atoms with E-state index >= 15 is 0 Å². The minimum absolute atomic E-state index is 0.304. The third kappa shape index (κ3) is 2.27. The second-order valence-electron chi connectivity index (χ2n) is 3.19. The van der Waals surface area contributed by atoms with Crippen LogP contribution in [0.15, 0.2) is 18.2 Å². The van der Waals surface area contributed by atoms with Gasteiger partial charge in [0.15, 0.2) is 11.6 Å². The van der Waals surface area contributed by atoms with Gasteiger partial charge in [-0.25, -0.2) is 8.78 Å². The maximum Gasteiger partial charge on any atom is 0.159 e. The van der Waals surface area contributed by atoms with Gasteiger partial charge in [0.1, 0.15) is 0 Å². The Morgan fingerprint density at radius 2 is 2.00 bits per heavy atom. The highest BCUT2D eigenvalue weighted by Gasteiger charge is 2.16. The lowest BCUT2D eigenvalue weighted by molar-refractivity contribution is 0.144. The molecule has 0 fully saturated rings. The summed E-state index contributed by atoms with van der Waals surface area (Å²) in [7, 11) is 0. The molecule has 0 aliphatic rings. The molecule has 78 valence electrons. The Kier molecular flexibility index (Phi) is 3.55. The fourth-order valence-corrected chi connectivity index (χ4v) is 1.17. The first kappa shape index (κ1) is 11.1. The Hall–Kier alpha value is -1.00. The Bertz CT molecular complexity index is 317. The van der Waals surface area contributed by atoms with Crippen molar-refractivity contribution in [3.63, 3.8) is 0 Å². The van der Waals surface area contributed by atoms with Crippen LogP contribution in [0.1, 0.15) is 25.0 Å². The van der Waals surface area contributed by atoms with Crippen molar-refractivity contribution >= 4 is 0 Å². The Labute approximate surface area is 81.4 Å². The van der Waals surface area contributed by atoms with Gasteiger partial charge in [-0.3, -0.25) is 0 Å². The maximum atomic E-state index is 12.8. The van der Waals surface area contributed by atoms with Crippen molar-refractivity contribution in [1.29, 1.82) is 0 Å². The highest BCUT2D eigenvalue weighted by molar-refractivity contribution is 5.21. The van der Waals surface area contributed by atoms with Crippen LogP contribution >= 0.6 is 0 Å². The van der Waals surface area contributed by atoms with Gasteiger partial charge in [-0.05, 0) is 24.1 Å². The summed E-state index contributed by atoms with van der Waals surface area (Å²) in [5, 5.41) is 9.59. The summed E-state index contributed by atoms with van der Waals surface area (Å²) >= 11 is 0. The molecule has 0 heterocycles. The molecule has 0 saturated heterocycles. The molecule has 1 aromatic rings. The number of halogens is 2. The maximum absolute atomic E-state index is 12.8. The summed E-state index contributed by atoms with van der Waals surface area (Å²) < 4.78 is 25.3. The molecule has 0 unspecified atom stereocenters. The number of nitrogens with two attached hydrogens (primary N) is 1. The van der Waals surface area contributed by atoms with E-state index in [9.17, 15) is 13.9 Å². The lowest BCUT2D eigenvalue weighted by atomic mass is 10.0. The van der Waals surface area contributed by atoms with Crippen molar-refractivity contribution in [2.24, 2.45) is 5.73 Å². The van der Waals surface area contributed by atoms with Crippen LogP contribution in [0.4, 0.5) is 8.78 Å². The highest BCUT2D eigenvalue weighted by atomic mass is 19.2. The minimum atomic E-state index is -0.968. The largest absolute Gasteiger partial charge is 0.387 e. The van der Waals surface area contributed by atoms with E-state index in [0.717, 1.165) is 12.1 Å². The van der Waals surface area contributed by atoms with Gasteiger partial charge in [0, 0.05) is 6.04 Å². The predicted molar refractivity (Wildman–Crippen MR) is 49.6 cm³/mol. The molecule has 2 atom stereocenters.